The number of fused-ring (bicyclic) bond motifs is 1. The molecule has 110 valence electrons. The molecule has 0 saturated carbocycles. The minimum Gasteiger partial charge on any atom is -0.478 e. The van der Waals surface area contributed by atoms with Crippen LogP contribution in [-0.2, 0) is 0 Å². The highest BCUT2D eigenvalue weighted by Gasteiger charge is 2.29. The first-order valence-electron chi connectivity index (χ1n) is 7.08. The van der Waals surface area contributed by atoms with Gasteiger partial charge >= 0.3 is 5.97 Å². The third-order valence-corrected chi connectivity index (χ3v) is 5.49. The molecule has 5 heteroatoms. The van der Waals surface area contributed by atoms with Crippen LogP contribution < -0.4 is 5.32 Å². The van der Waals surface area contributed by atoms with Crippen molar-refractivity contribution in [2.45, 2.75) is 24.5 Å². The number of nitrogens with zero attached hydrogens (tertiary/aromatic N) is 1. The lowest BCUT2D eigenvalue weighted by Crippen LogP contribution is -2.27. The number of hydrogen-bond donors (Lipinski definition) is 2. The Balaban J connectivity index is 1.92. The summed E-state index contributed by atoms with van der Waals surface area (Å²) in [6.07, 6.45) is 3.90. The second-order valence-electron chi connectivity index (χ2n) is 5.63. The van der Waals surface area contributed by atoms with Crippen LogP contribution in [0.15, 0.2) is 30.5 Å². The van der Waals surface area contributed by atoms with E-state index in [9.17, 15) is 9.90 Å². The molecule has 0 amide bonds. The molecule has 1 fully saturated rings. The zero-order valence-electron chi connectivity index (χ0n) is 11.9. The third kappa shape index (κ3) is 2.83. The Morgan fingerprint density at radius 2 is 2.19 bits per heavy atom. The van der Waals surface area contributed by atoms with Crippen LogP contribution in [0, 0.1) is 0 Å². The summed E-state index contributed by atoms with van der Waals surface area (Å²) in [7, 11) is 0. The molecule has 0 spiro atoms. The van der Waals surface area contributed by atoms with Gasteiger partial charge in [-0.15, -0.1) is 0 Å². The molecule has 1 aromatic carbocycles. The Morgan fingerprint density at radius 1 is 1.43 bits per heavy atom. The molecule has 1 unspecified atom stereocenters. The second-order valence-corrected chi connectivity index (χ2v) is 7.31. The Bertz CT molecular complexity index is 681. The van der Waals surface area contributed by atoms with E-state index in [2.05, 4.69) is 17.2 Å². The molecular formula is C16H18N2O2S. The molecule has 1 atom stereocenters. The van der Waals surface area contributed by atoms with Crippen molar-refractivity contribution in [1.29, 1.82) is 0 Å². The Kier molecular flexibility index (Phi) is 3.76. The Morgan fingerprint density at radius 3 is 2.86 bits per heavy atom. The van der Waals surface area contributed by atoms with Crippen molar-refractivity contribution in [2.75, 3.05) is 17.6 Å². The summed E-state index contributed by atoms with van der Waals surface area (Å²) in [5, 5.41) is 14.3. The highest BCUT2D eigenvalue weighted by Crippen LogP contribution is 2.38. The fourth-order valence-electron chi connectivity index (χ4n) is 2.75. The van der Waals surface area contributed by atoms with Gasteiger partial charge in [-0.3, -0.25) is 0 Å². The summed E-state index contributed by atoms with van der Waals surface area (Å²) in [4.78, 5) is 15.6. The van der Waals surface area contributed by atoms with Crippen LogP contribution in [0.4, 0.5) is 5.82 Å². The van der Waals surface area contributed by atoms with E-state index in [1.807, 2.05) is 36.0 Å². The molecular weight excluding hydrogens is 284 g/mol. The van der Waals surface area contributed by atoms with Crippen molar-refractivity contribution in [2.24, 2.45) is 0 Å². The van der Waals surface area contributed by atoms with Crippen molar-refractivity contribution in [1.82, 2.24) is 4.98 Å². The van der Waals surface area contributed by atoms with Crippen molar-refractivity contribution >= 4 is 34.3 Å². The van der Waals surface area contributed by atoms with Gasteiger partial charge in [0.1, 0.15) is 5.82 Å². The van der Waals surface area contributed by atoms with Gasteiger partial charge in [-0.25, -0.2) is 9.78 Å². The molecule has 2 heterocycles. The molecule has 1 aromatic heterocycles. The molecule has 3 rings (SSSR count). The van der Waals surface area contributed by atoms with Gasteiger partial charge in [-0.1, -0.05) is 24.3 Å². The van der Waals surface area contributed by atoms with Crippen LogP contribution >= 0.6 is 11.8 Å². The molecule has 1 saturated heterocycles. The number of carboxylic acids is 1. The maximum atomic E-state index is 11.3. The van der Waals surface area contributed by atoms with Crippen LogP contribution in [0.2, 0.25) is 0 Å². The van der Waals surface area contributed by atoms with Crippen LogP contribution in [0.1, 0.15) is 30.1 Å². The normalized spacial score (nSPS) is 21.6. The Labute approximate surface area is 128 Å². The van der Waals surface area contributed by atoms with E-state index in [-0.39, 0.29) is 10.3 Å². The van der Waals surface area contributed by atoms with Gasteiger partial charge in [0, 0.05) is 28.3 Å². The van der Waals surface area contributed by atoms with Crippen molar-refractivity contribution < 1.29 is 9.90 Å². The average molecular weight is 302 g/mol. The molecule has 4 nitrogen and oxygen atoms in total. The van der Waals surface area contributed by atoms with E-state index in [4.69, 9.17) is 0 Å². The van der Waals surface area contributed by atoms with Gasteiger partial charge in [-0.05, 0) is 25.5 Å². The van der Waals surface area contributed by atoms with Crippen molar-refractivity contribution in [3.8, 4) is 0 Å². The average Bonchev–Trinajstić information content (AvgIpc) is 2.91. The lowest BCUT2D eigenvalue weighted by molar-refractivity contribution is 0.0698. The molecule has 21 heavy (non-hydrogen) atoms. The predicted octanol–water partition coefficient (Wildman–Crippen LogP) is 3.63. The summed E-state index contributed by atoms with van der Waals surface area (Å²) < 4.78 is 0.244. The van der Waals surface area contributed by atoms with Gasteiger partial charge in [0.15, 0.2) is 0 Å². The maximum Gasteiger partial charge on any atom is 0.337 e. The predicted molar refractivity (Wildman–Crippen MR) is 87.3 cm³/mol. The SMILES string of the molecule is CC1(CNc2ncc(C(=O)O)c3ccccc23)CCCS1. The fourth-order valence-corrected chi connectivity index (χ4v) is 4.00. The number of anilines is 1. The highest BCUT2D eigenvalue weighted by molar-refractivity contribution is 8.00. The first-order valence-corrected chi connectivity index (χ1v) is 8.06. The van der Waals surface area contributed by atoms with Crippen molar-refractivity contribution in [3.05, 3.63) is 36.0 Å². The van der Waals surface area contributed by atoms with Crippen LogP contribution in [-0.4, -0.2) is 33.1 Å². The zero-order chi connectivity index (χ0) is 14.9. The van der Waals surface area contributed by atoms with Gasteiger partial charge in [-0.2, -0.15) is 11.8 Å². The number of rotatable bonds is 4. The van der Waals surface area contributed by atoms with E-state index >= 15 is 0 Å². The number of hydrogen-bond acceptors (Lipinski definition) is 4. The van der Waals surface area contributed by atoms with E-state index in [0.29, 0.717) is 0 Å². The van der Waals surface area contributed by atoms with E-state index < -0.39 is 5.97 Å². The smallest absolute Gasteiger partial charge is 0.337 e. The first kappa shape index (κ1) is 14.2. The Hall–Kier alpha value is -1.75. The molecule has 0 radical (unpaired) electrons. The summed E-state index contributed by atoms with van der Waals surface area (Å²) in [5.74, 6) is 1.04. The molecule has 2 N–H and O–H groups in total. The fraction of sp³-hybridized carbons (Fsp3) is 0.375. The van der Waals surface area contributed by atoms with Gasteiger partial charge in [0.05, 0.1) is 5.56 Å². The van der Waals surface area contributed by atoms with Crippen molar-refractivity contribution in [3.63, 3.8) is 0 Å². The number of thioether (sulfide) groups is 1. The highest BCUT2D eigenvalue weighted by atomic mass is 32.2. The summed E-state index contributed by atoms with van der Waals surface area (Å²) in [6, 6.07) is 7.51. The standard InChI is InChI=1S/C16H18N2O2S/c1-16(7-4-8-21-16)10-18-14-12-6-3-2-5-11(12)13(9-17-14)15(19)20/h2-3,5-6,9H,4,7-8,10H2,1H3,(H,17,18)(H,19,20). The molecule has 1 aliphatic heterocycles. The van der Waals surface area contributed by atoms with Gasteiger partial charge in [0.2, 0.25) is 0 Å². The van der Waals surface area contributed by atoms with Crippen LogP contribution in [0.3, 0.4) is 0 Å². The lowest BCUT2D eigenvalue weighted by atomic mass is 10.0. The van der Waals surface area contributed by atoms with E-state index in [1.54, 1.807) is 0 Å². The molecule has 1 aliphatic rings. The molecule has 2 aromatic rings. The minimum atomic E-state index is -0.941. The van der Waals surface area contributed by atoms with Gasteiger partial charge < -0.3 is 10.4 Å². The zero-order valence-corrected chi connectivity index (χ0v) is 12.7. The molecule has 0 bridgehead atoms. The largest absolute Gasteiger partial charge is 0.478 e. The van der Waals surface area contributed by atoms with E-state index in [1.165, 1.54) is 24.8 Å². The topological polar surface area (TPSA) is 62.2 Å². The number of carbonyl (C=O) groups is 1. The van der Waals surface area contributed by atoms with E-state index in [0.717, 1.165) is 23.1 Å². The first-order chi connectivity index (χ1) is 10.1. The lowest BCUT2D eigenvalue weighted by Gasteiger charge is -2.23. The number of aromatic carboxylic acids is 1. The monoisotopic (exact) mass is 302 g/mol. The number of nitrogens with one attached hydrogen (secondary N) is 1. The quantitative estimate of drug-likeness (QED) is 0.903. The second kappa shape index (κ2) is 5.56. The number of carboxylic acid groups (broad SMARTS) is 1. The summed E-state index contributed by atoms with van der Waals surface area (Å²) in [6.45, 7) is 3.12. The maximum absolute atomic E-state index is 11.3. The van der Waals surface area contributed by atoms with Crippen LogP contribution in [0.5, 0.6) is 0 Å². The summed E-state index contributed by atoms with van der Waals surface area (Å²) in [5.41, 5.74) is 0.248. The summed E-state index contributed by atoms with van der Waals surface area (Å²) >= 11 is 1.99. The molecule has 0 aliphatic carbocycles. The minimum absolute atomic E-state index is 0.244. The third-order valence-electron chi connectivity index (χ3n) is 3.96. The number of pyridine rings is 1. The van der Waals surface area contributed by atoms with Crippen LogP contribution in [0.25, 0.3) is 10.8 Å². The number of aromatic nitrogens is 1. The number of benzene rings is 1. The van der Waals surface area contributed by atoms with Gasteiger partial charge in [0.25, 0.3) is 0 Å².